The predicted octanol–water partition coefficient (Wildman–Crippen LogP) is 2.07. The van der Waals surface area contributed by atoms with Gasteiger partial charge >= 0.3 is 6.09 Å². The van der Waals surface area contributed by atoms with Crippen LogP contribution in [-0.4, -0.2) is 64.8 Å². The fraction of sp³-hybridized carbons (Fsp3) is 0.611. The molecule has 1 saturated heterocycles. The van der Waals surface area contributed by atoms with Crippen molar-refractivity contribution in [1.29, 1.82) is 0 Å². The van der Waals surface area contributed by atoms with Gasteiger partial charge < -0.3 is 24.7 Å². The first-order chi connectivity index (χ1) is 11.7. The molecule has 0 aliphatic carbocycles. The van der Waals surface area contributed by atoms with Crippen molar-refractivity contribution in [3.63, 3.8) is 0 Å². The van der Waals surface area contributed by atoms with Gasteiger partial charge in [-0.25, -0.2) is 4.79 Å². The molecule has 1 aliphatic rings. The van der Waals surface area contributed by atoms with E-state index in [9.17, 15) is 15.0 Å². The summed E-state index contributed by atoms with van der Waals surface area (Å²) in [4.78, 5) is 16.0. The van der Waals surface area contributed by atoms with Crippen LogP contribution >= 0.6 is 12.6 Å². The Bertz CT molecular complexity index is 565. The van der Waals surface area contributed by atoms with E-state index in [1.165, 1.54) is 0 Å². The lowest BCUT2D eigenvalue weighted by Crippen LogP contribution is -2.50. The lowest BCUT2D eigenvalue weighted by molar-refractivity contribution is 0.0240. The summed E-state index contributed by atoms with van der Waals surface area (Å²) < 4.78 is 5.40. The van der Waals surface area contributed by atoms with Crippen LogP contribution in [0.2, 0.25) is 0 Å². The van der Waals surface area contributed by atoms with Crippen LogP contribution in [-0.2, 0) is 4.74 Å². The minimum Gasteiger partial charge on any atom is -0.444 e. The molecule has 1 aliphatic heterocycles. The highest BCUT2D eigenvalue weighted by Gasteiger charge is 2.26. The molecule has 1 amide bonds. The van der Waals surface area contributed by atoms with Gasteiger partial charge in [0.15, 0.2) is 0 Å². The lowest BCUT2D eigenvalue weighted by Gasteiger charge is -2.36. The Morgan fingerprint density at radius 3 is 2.20 bits per heavy atom. The summed E-state index contributed by atoms with van der Waals surface area (Å²) in [5.41, 5.74) is 1.21. The third-order valence-corrected chi connectivity index (χ3v) is 4.46. The lowest BCUT2D eigenvalue weighted by atomic mass is 10.0. The SMILES string of the molecule is CC(C)(C)OC(=O)N1CCN(c2ccc(C(O)C(O)CS)cc2)CC1. The highest BCUT2D eigenvalue weighted by atomic mass is 32.1. The number of hydrogen-bond acceptors (Lipinski definition) is 6. The Kier molecular flexibility index (Phi) is 6.59. The van der Waals surface area contributed by atoms with Crippen LogP contribution in [0.25, 0.3) is 0 Å². The molecule has 7 heteroatoms. The van der Waals surface area contributed by atoms with Gasteiger partial charge in [-0.2, -0.15) is 12.6 Å². The minimum absolute atomic E-state index is 0.204. The molecule has 0 spiro atoms. The molecule has 1 aromatic carbocycles. The number of anilines is 1. The van der Waals surface area contributed by atoms with E-state index in [1.807, 2.05) is 45.0 Å². The van der Waals surface area contributed by atoms with Gasteiger partial charge in [0, 0.05) is 37.6 Å². The van der Waals surface area contributed by atoms with Crippen molar-refractivity contribution in [2.45, 2.75) is 38.6 Å². The summed E-state index contributed by atoms with van der Waals surface area (Å²) >= 11 is 4.00. The van der Waals surface area contributed by atoms with E-state index in [-0.39, 0.29) is 11.8 Å². The number of carbonyl (C=O) groups excluding carboxylic acids is 1. The zero-order valence-corrected chi connectivity index (χ0v) is 15.9. The summed E-state index contributed by atoms with van der Waals surface area (Å²) in [6, 6.07) is 7.47. The molecule has 0 bridgehead atoms. The summed E-state index contributed by atoms with van der Waals surface area (Å²) in [6.45, 7) is 8.25. The molecule has 6 nitrogen and oxygen atoms in total. The maximum Gasteiger partial charge on any atom is 0.410 e. The highest BCUT2D eigenvalue weighted by molar-refractivity contribution is 7.80. The number of benzene rings is 1. The van der Waals surface area contributed by atoms with Crippen molar-refractivity contribution in [2.75, 3.05) is 36.8 Å². The second kappa shape index (κ2) is 8.29. The van der Waals surface area contributed by atoms with Crippen LogP contribution in [0.5, 0.6) is 0 Å². The zero-order valence-electron chi connectivity index (χ0n) is 15.1. The van der Waals surface area contributed by atoms with Crippen LogP contribution in [0.15, 0.2) is 24.3 Å². The molecule has 1 fully saturated rings. The Morgan fingerprint density at radius 2 is 1.72 bits per heavy atom. The first-order valence-corrected chi connectivity index (χ1v) is 9.14. The van der Waals surface area contributed by atoms with Crippen LogP contribution in [0.1, 0.15) is 32.4 Å². The molecule has 25 heavy (non-hydrogen) atoms. The maximum atomic E-state index is 12.1. The zero-order chi connectivity index (χ0) is 18.6. The Labute approximate surface area is 154 Å². The quantitative estimate of drug-likeness (QED) is 0.710. The molecular weight excluding hydrogens is 340 g/mol. The fourth-order valence-electron chi connectivity index (χ4n) is 2.68. The van der Waals surface area contributed by atoms with Crippen molar-refractivity contribution in [3.8, 4) is 0 Å². The van der Waals surface area contributed by atoms with Gasteiger partial charge in [0.1, 0.15) is 11.7 Å². The first-order valence-electron chi connectivity index (χ1n) is 8.51. The van der Waals surface area contributed by atoms with Crippen molar-refractivity contribution in [1.82, 2.24) is 4.90 Å². The number of carbonyl (C=O) groups is 1. The normalized spacial score (nSPS) is 18.0. The summed E-state index contributed by atoms with van der Waals surface area (Å²) in [7, 11) is 0. The van der Waals surface area contributed by atoms with Gasteiger partial charge in [-0.15, -0.1) is 0 Å². The average Bonchev–Trinajstić information content (AvgIpc) is 2.59. The first kappa shape index (κ1) is 19.9. The summed E-state index contributed by atoms with van der Waals surface area (Å²) in [5, 5.41) is 19.7. The van der Waals surface area contributed by atoms with E-state index in [2.05, 4.69) is 17.5 Å². The van der Waals surface area contributed by atoms with Crippen molar-refractivity contribution < 1.29 is 19.7 Å². The number of hydrogen-bond donors (Lipinski definition) is 3. The van der Waals surface area contributed by atoms with E-state index >= 15 is 0 Å². The molecule has 2 atom stereocenters. The largest absolute Gasteiger partial charge is 0.444 e. The molecule has 2 rings (SSSR count). The van der Waals surface area contributed by atoms with E-state index in [0.717, 1.165) is 18.8 Å². The number of aliphatic hydroxyl groups excluding tert-OH is 2. The second-order valence-electron chi connectivity index (χ2n) is 7.24. The average molecular weight is 368 g/mol. The Morgan fingerprint density at radius 1 is 1.16 bits per heavy atom. The topological polar surface area (TPSA) is 73.2 Å². The van der Waals surface area contributed by atoms with Gasteiger partial charge in [-0.05, 0) is 38.5 Å². The Balaban J connectivity index is 1.91. The third-order valence-electron chi connectivity index (χ3n) is 4.08. The number of piperazine rings is 1. The smallest absolute Gasteiger partial charge is 0.410 e. The van der Waals surface area contributed by atoms with Crippen molar-refractivity contribution in [3.05, 3.63) is 29.8 Å². The molecule has 0 radical (unpaired) electrons. The van der Waals surface area contributed by atoms with E-state index in [4.69, 9.17) is 4.74 Å². The van der Waals surface area contributed by atoms with Crippen LogP contribution < -0.4 is 4.90 Å². The highest BCUT2D eigenvalue weighted by Crippen LogP contribution is 2.23. The molecular formula is C18H28N2O4S. The molecule has 140 valence electrons. The van der Waals surface area contributed by atoms with Crippen molar-refractivity contribution >= 4 is 24.4 Å². The molecule has 2 N–H and O–H groups in total. The number of ether oxygens (including phenoxy) is 1. The van der Waals surface area contributed by atoms with Gasteiger partial charge in [0.25, 0.3) is 0 Å². The number of nitrogens with zero attached hydrogens (tertiary/aromatic N) is 2. The van der Waals surface area contributed by atoms with Crippen molar-refractivity contribution in [2.24, 2.45) is 0 Å². The maximum absolute atomic E-state index is 12.1. The molecule has 1 aromatic rings. The van der Waals surface area contributed by atoms with Crippen LogP contribution in [0.4, 0.5) is 10.5 Å². The summed E-state index contributed by atoms with van der Waals surface area (Å²) in [5.74, 6) is 0.204. The molecule has 0 aromatic heterocycles. The number of rotatable bonds is 4. The minimum atomic E-state index is -0.935. The van der Waals surface area contributed by atoms with E-state index in [1.54, 1.807) is 4.90 Å². The number of amides is 1. The fourth-order valence-corrected chi connectivity index (χ4v) is 2.88. The van der Waals surface area contributed by atoms with Crippen LogP contribution in [0.3, 0.4) is 0 Å². The standard InChI is InChI=1S/C18H28N2O4S/c1-18(2,3)24-17(23)20-10-8-19(9-11-20)14-6-4-13(5-7-14)16(22)15(21)12-25/h4-7,15-16,21-22,25H,8-12H2,1-3H3. The van der Waals surface area contributed by atoms with Gasteiger partial charge in [-0.3, -0.25) is 0 Å². The van der Waals surface area contributed by atoms with Gasteiger partial charge in [0.05, 0.1) is 6.10 Å². The predicted molar refractivity (Wildman–Crippen MR) is 101 cm³/mol. The third kappa shape index (κ3) is 5.52. The second-order valence-corrected chi connectivity index (χ2v) is 7.61. The van der Waals surface area contributed by atoms with Gasteiger partial charge in [0.2, 0.25) is 0 Å². The number of aliphatic hydroxyl groups is 2. The van der Waals surface area contributed by atoms with Crippen LogP contribution in [0, 0.1) is 0 Å². The monoisotopic (exact) mass is 368 g/mol. The Hall–Kier alpha value is -1.44. The number of thiol groups is 1. The molecule has 1 heterocycles. The molecule has 2 unspecified atom stereocenters. The summed E-state index contributed by atoms with van der Waals surface area (Å²) in [6.07, 6.45) is -2.09. The van der Waals surface area contributed by atoms with E-state index < -0.39 is 17.8 Å². The van der Waals surface area contributed by atoms with Gasteiger partial charge in [-0.1, -0.05) is 12.1 Å². The van der Waals surface area contributed by atoms with E-state index in [0.29, 0.717) is 18.7 Å². The molecule has 0 saturated carbocycles.